The number of hydrogen-bond donors (Lipinski definition) is 1. The van der Waals surface area contributed by atoms with Crippen LogP contribution in [0.15, 0.2) is 30.5 Å². The van der Waals surface area contributed by atoms with Gasteiger partial charge in [0.25, 0.3) is 0 Å². The van der Waals surface area contributed by atoms with E-state index in [0.29, 0.717) is 6.61 Å². The fraction of sp³-hybridized carbons (Fsp3) is 0.529. The van der Waals surface area contributed by atoms with E-state index in [1.807, 2.05) is 24.3 Å². The molecule has 1 N–H and O–H groups in total. The third-order valence-corrected chi connectivity index (χ3v) is 4.32. The van der Waals surface area contributed by atoms with Gasteiger partial charge in [0.1, 0.15) is 5.82 Å². The van der Waals surface area contributed by atoms with Crippen molar-refractivity contribution in [2.24, 2.45) is 5.92 Å². The maximum Gasteiger partial charge on any atom is 0.145 e. The Morgan fingerprint density at radius 2 is 2.05 bits per heavy atom. The molecule has 22 heavy (non-hydrogen) atoms. The molecule has 1 aliphatic carbocycles. The van der Waals surface area contributed by atoms with Crippen LogP contribution in [0.4, 0.5) is 5.82 Å². The number of rotatable bonds is 5. The van der Waals surface area contributed by atoms with Crippen molar-refractivity contribution in [2.45, 2.75) is 31.4 Å². The van der Waals surface area contributed by atoms with E-state index in [2.05, 4.69) is 15.3 Å². The van der Waals surface area contributed by atoms with Crippen LogP contribution in [0.1, 0.15) is 19.3 Å². The Labute approximate surface area is 130 Å². The molecule has 0 unspecified atom stereocenters. The molecule has 5 heteroatoms. The highest BCUT2D eigenvalue weighted by molar-refractivity contribution is 5.75. The van der Waals surface area contributed by atoms with Crippen LogP contribution in [-0.4, -0.2) is 41.9 Å². The first kappa shape index (κ1) is 13.9. The molecule has 2 heterocycles. The fourth-order valence-corrected chi connectivity index (χ4v) is 2.81. The molecule has 0 radical (unpaired) electrons. The second-order valence-corrected chi connectivity index (χ2v) is 6.17. The van der Waals surface area contributed by atoms with E-state index in [9.17, 15) is 0 Å². The van der Waals surface area contributed by atoms with E-state index >= 15 is 0 Å². The third kappa shape index (κ3) is 3.20. The van der Waals surface area contributed by atoms with Crippen LogP contribution >= 0.6 is 0 Å². The number of nitrogens with one attached hydrogen (secondary N) is 1. The number of ether oxygens (including phenoxy) is 2. The highest BCUT2D eigenvalue weighted by Gasteiger charge is 2.30. The summed E-state index contributed by atoms with van der Waals surface area (Å²) in [7, 11) is 0. The predicted molar refractivity (Wildman–Crippen MR) is 84.8 cm³/mol. The van der Waals surface area contributed by atoms with E-state index in [1.165, 1.54) is 12.8 Å². The average Bonchev–Trinajstić information content (AvgIpc) is 3.38. The number of nitrogens with zero attached hydrogens (tertiary/aromatic N) is 2. The van der Waals surface area contributed by atoms with Crippen LogP contribution in [0.25, 0.3) is 11.0 Å². The van der Waals surface area contributed by atoms with Gasteiger partial charge in [0, 0.05) is 13.2 Å². The van der Waals surface area contributed by atoms with Crippen molar-refractivity contribution in [1.29, 1.82) is 0 Å². The highest BCUT2D eigenvalue weighted by atomic mass is 16.5. The van der Waals surface area contributed by atoms with Crippen LogP contribution in [0.5, 0.6) is 0 Å². The van der Waals surface area contributed by atoms with E-state index in [-0.39, 0.29) is 12.1 Å². The molecule has 0 spiro atoms. The maximum atomic E-state index is 6.09. The first-order valence-electron chi connectivity index (χ1n) is 8.06. The van der Waals surface area contributed by atoms with Gasteiger partial charge in [-0.25, -0.2) is 4.98 Å². The molecule has 4 rings (SSSR count). The van der Waals surface area contributed by atoms with Gasteiger partial charge < -0.3 is 14.8 Å². The van der Waals surface area contributed by atoms with Gasteiger partial charge in [-0.1, -0.05) is 12.1 Å². The molecule has 116 valence electrons. The Hall–Kier alpha value is -1.72. The monoisotopic (exact) mass is 299 g/mol. The zero-order chi connectivity index (χ0) is 14.8. The molecule has 2 fully saturated rings. The smallest absolute Gasteiger partial charge is 0.145 e. The summed E-state index contributed by atoms with van der Waals surface area (Å²) in [5.74, 6) is 1.57. The van der Waals surface area contributed by atoms with E-state index < -0.39 is 0 Å². The zero-order valence-corrected chi connectivity index (χ0v) is 12.6. The average molecular weight is 299 g/mol. The minimum Gasteiger partial charge on any atom is -0.379 e. The largest absolute Gasteiger partial charge is 0.379 e. The molecular formula is C17H21N3O2. The fourth-order valence-electron chi connectivity index (χ4n) is 2.81. The Balaban J connectivity index is 1.46. The summed E-state index contributed by atoms with van der Waals surface area (Å²) in [5, 5.41) is 3.44. The number of benzene rings is 1. The minimum atomic E-state index is 0.142. The van der Waals surface area contributed by atoms with Crippen molar-refractivity contribution < 1.29 is 9.47 Å². The second-order valence-electron chi connectivity index (χ2n) is 6.17. The van der Waals surface area contributed by atoms with Gasteiger partial charge in [0.2, 0.25) is 0 Å². The first-order chi connectivity index (χ1) is 10.9. The van der Waals surface area contributed by atoms with E-state index in [0.717, 1.165) is 42.4 Å². The Morgan fingerprint density at radius 1 is 1.18 bits per heavy atom. The summed E-state index contributed by atoms with van der Waals surface area (Å²) in [5.41, 5.74) is 1.81. The number of para-hydroxylation sites is 2. The molecule has 1 saturated carbocycles. The molecule has 2 aliphatic rings. The SMILES string of the molecule is c1ccc2nc(N[C@H]3COCC[C@H]3OCC3CC3)cnc2c1. The van der Waals surface area contributed by atoms with Gasteiger partial charge in [-0.15, -0.1) is 0 Å². The van der Waals surface area contributed by atoms with E-state index in [1.54, 1.807) is 6.20 Å². The quantitative estimate of drug-likeness (QED) is 0.920. The van der Waals surface area contributed by atoms with Crippen LogP contribution in [0.2, 0.25) is 0 Å². The Kier molecular flexibility index (Phi) is 3.91. The Bertz CT molecular complexity index is 645. The van der Waals surface area contributed by atoms with Gasteiger partial charge in [-0.3, -0.25) is 4.98 Å². The van der Waals surface area contributed by atoms with Crippen LogP contribution < -0.4 is 5.32 Å². The summed E-state index contributed by atoms with van der Waals surface area (Å²) < 4.78 is 11.7. The van der Waals surface area contributed by atoms with Gasteiger partial charge in [0.05, 0.1) is 36.0 Å². The second kappa shape index (κ2) is 6.18. The number of hydrogen-bond acceptors (Lipinski definition) is 5. The number of anilines is 1. The van der Waals surface area contributed by atoms with Gasteiger partial charge in [0.15, 0.2) is 0 Å². The molecule has 1 aromatic heterocycles. The van der Waals surface area contributed by atoms with Gasteiger partial charge >= 0.3 is 0 Å². The topological polar surface area (TPSA) is 56.3 Å². The summed E-state index contributed by atoms with van der Waals surface area (Å²) in [6.45, 7) is 2.31. The van der Waals surface area contributed by atoms with Gasteiger partial charge in [-0.05, 0) is 37.3 Å². The standard InChI is InChI=1S/C17H21N3O2/c1-2-4-14-13(3-1)18-9-17(19-14)20-15-11-21-8-7-16(15)22-10-12-5-6-12/h1-4,9,12,15-16H,5-8,10-11H2,(H,19,20)/t15-,16+/m0/s1. The number of aromatic nitrogens is 2. The van der Waals surface area contributed by atoms with Crippen molar-refractivity contribution in [3.63, 3.8) is 0 Å². The van der Waals surface area contributed by atoms with Crippen molar-refractivity contribution >= 4 is 16.9 Å². The summed E-state index contributed by atoms with van der Waals surface area (Å²) in [4.78, 5) is 9.08. The van der Waals surface area contributed by atoms with Crippen molar-refractivity contribution in [2.75, 3.05) is 25.1 Å². The molecule has 2 aromatic rings. The summed E-state index contributed by atoms with van der Waals surface area (Å²) in [6.07, 6.45) is 5.55. The van der Waals surface area contributed by atoms with Crippen molar-refractivity contribution in [3.8, 4) is 0 Å². The zero-order valence-electron chi connectivity index (χ0n) is 12.6. The lowest BCUT2D eigenvalue weighted by Gasteiger charge is -2.32. The van der Waals surface area contributed by atoms with E-state index in [4.69, 9.17) is 9.47 Å². The molecule has 0 amide bonds. The first-order valence-corrected chi connectivity index (χ1v) is 8.06. The summed E-state index contributed by atoms with van der Waals surface area (Å²) >= 11 is 0. The lowest BCUT2D eigenvalue weighted by atomic mass is 10.1. The molecule has 5 nitrogen and oxygen atoms in total. The van der Waals surface area contributed by atoms with Crippen molar-refractivity contribution in [1.82, 2.24) is 9.97 Å². The van der Waals surface area contributed by atoms with Crippen LogP contribution in [-0.2, 0) is 9.47 Å². The molecule has 1 saturated heterocycles. The summed E-state index contributed by atoms with van der Waals surface area (Å²) in [6, 6.07) is 8.04. The lowest BCUT2D eigenvalue weighted by molar-refractivity contribution is -0.0439. The minimum absolute atomic E-state index is 0.142. The van der Waals surface area contributed by atoms with Crippen LogP contribution in [0.3, 0.4) is 0 Å². The van der Waals surface area contributed by atoms with Crippen LogP contribution in [0, 0.1) is 5.92 Å². The van der Waals surface area contributed by atoms with Crippen molar-refractivity contribution in [3.05, 3.63) is 30.5 Å². The predicted octanol–water partition coefficient (Wildman–Crippen LogP) is 2.63. The molecular weight excluding hydrogens is 278 g/mol. The normalized spacial score (nSPS) is 25.3. The highest BCUT2D eigenvalue weighted by Crippen LogP contribution is 2.30. The molecule has 1 aliphatic heterocycles. The lowest BCUT2D eigenvalue weighted by Crippen LogP contribution is -2.44. The Morgan fingerprint density at radius 3 is 2.91 bits per heavy atom. The van der Waals surface area contributed by atoms with Gasteiger partial charge in [-0.2, -0.15) is 0 Å². The third-order valence-electron chi connectivity index (χ3n) is 4.32. The molecule has 0 bridgehead atoms. The maximum absolute atomic E-state index is 6.09. The molecule has 1 aromatic carbocycles. The molecule has 2 atom stereocenters. The number of fused-ring (bicyclic) bond motifs is 1.